The molecule has 0 radical (unpaired) electrons. The highest BCUT2D eigenvalue weighted by molar-refractivity contribution is 7.39. The summed E-state index contributed by atoms with van der Waals surface area (Å²) in [4.78, 5) is 17.0. The minimum atomic E-state index is -2.14. The van der Waals surface area contributed by atoms with E-state index in [2.05, 4.69) is 6.92 Å². The number of unbranched alkanes of at least 4 members (excludes halogenated alkanes) is 10. The fraction of sp³-hybridized carbons (Fsp3) is 1.00. The molecule has 154 valence electrons. The van der Waals surface area contributed by atoms with Gasteiger partial charge in [-0.3, -0.25) is 0 Å². The monoisotopic (exact) mass is 385 g/mol. The lowest BCUT2D eigenvalue weighted by atomic mass is 10.1. The molecule has 0 amide bonds. The van der Waals surface area contributed by atoms with Gasteiger partial charge < -0.3 is 35.4 Å². The molecular weight excluding hydrogens is 345 g/mol. The summed E-state index contributed by atoms with van der Waals surface area (Å²) in [5, 5.41) is 25.0. The van der Waals surface area contributed by atoms with Crippen molar-refractivity contribution >= 4 is 8.60 Å². The molecule has 8 heteroatoms. The third kappa shape index (κ3) is 22.1. The second kappa shape index (κ2) is 20.5. The second-order valence-electron chi connectivity index (χ2n) is 6.46. The van der Waals surface area contributed by atoms with E-state index < -0.39 is 34.0 Å². The zero-order valence-electron chi connectivity index (χ0n) is 15.8. The van der Waals surface area contributed by atoms with E-state index in [1.54, 1.807) is 0 Å². The van der Waals surface area contributed by atoms with E-state index in [4.69, 9.17) is 35.4 Å². The maximum absolute atomic E-state index is 8.51. The van der Waals surface area contributed by atoms with Gasteiger partial charge in [0, 0.05) is 0 Å². The van der Waals surface area contributed by atoms with E-state index in [1.807, 2.05) is 0 Å². The molecule has 0 saturated carbocycles. The van der Waals surface area contributed by atoms with Crippen molar-refractivity contribution in [1.82, 2.24) is 0 Å². The molecule has 0 saturated heterocycles. The molecule has 0 aliphatic heterocycles. The van der Waals surface area contributed by atoms with Crippen molar-refractivity contribution < 1.29 is 29.6 Å². The number of hydrogen-bond acceptors (Lipinski definition) is 7. The van der Waals surface area contributed by atoms with E-state index in [-0.39, 0.29) is 0 Å². The van der Waals surface area contributed by atoms with Gasteiger partial charge in [0.05, 0.1) is 32.0 Å². The maximum atomic E-state index is 8.51. The number of aliphatic hydroxyl groups excluding tert-OH is 3. The summed E-state index contributed by atoms with van der Waals surface area (Å²) in [7, 11) is -2.14. The third-order valence-electron chi connectivity index (χ3n) is 3.90. The molecule has 0 aromatic carbocycles. The third-order valence-corrected chi connectivity index (χ3v) is 4.31. The highest BCUT2D eigenvalue weighted by atomic mass is 31.2. The Balaban J connectivity index is 0. The van der Waals surface area contributed by atoms with Crippen molar-refractivity contribution in [1.29, 1.82) is 0 Å². The molecule has 0 aliphatic carbocycles. The Hall–Kier alpha value is 0.150. The van der Waals surface area contributed by atoms with Crippen molar-refractivity contribution in [3.8, 4) is 0 Å². The normalized spacial score (nSPS) is 11.5. The van der Waals surface area contributed by atoms with Crippen LogP contribution in [0, 0.1) is 0 Å². The van der Waals surface area contributed by atoms with Crippen LogP contribution in [0.25, 0.3) is 0 Å². The van der Waals surface area contributed by atoms with E-state index in [0.717, 1.165) is 12.8 Å². The van der Waals surface area contributed by atoms with Gasteiger partial charge in [-0.15, -0.1) is 0 Å². The number of aliphatic hydroxyl groups is 3. The standard InChI is InChI=1S/C13H29O3P.C4H11NO3/c1-2-3-4-5-6-7-8-9-10-11-12-13-16-17(14)15;5-4(1-6,2-7)3-8/h14-15H,2-13H2,1H3;6-8H,1-3,5H2. The van der Waals surface area contributed by atoms with Gasteiger partial charge in [-0.2, -0.15) is 0 Å². The summed E-state index contributed by atoms with van der Waals surface area (Å²) in [6.07, 6.45) is 14.3. The van der Waals surface area contributed by atoms with Crippen LogP contribution in [0.4, 0.5) is 0 Å². The maximum Gasteiger partial charge on any atom is 0.327 e. The molecule has 0 spiro atoms. The van der Waals surface area contributed by atoms with Crippen molar-refractivity contribution in [2.75, 3.05) is 26.4 Å². The molecule has 0 unspecified atom stereocenters. The first-order valence-corrected chi connectivity index (χ1v) is 10.5. The minimum Gasteiger partial charge on any atom is -0.394 e. The minimum absolute atomic E-state index is 0.403. The first-order chi connectivity index (χ1) is 12.0. The second-order valence-corrected chi connectivity index (χ2v) is 7.22. The number of nitrogens with two attached hydrogens (primary N) is 1. The predicted octanol–water partition coefficient (Wildman–Crippen LogP) is 2.19. The molecule has 7 N–H and O–H groups in total. The number of hydrogen-bond donors (Lipinski definition) is 6. The van der Waals surface area contributed by atoms with Crippen LogP contribution in [0.5, 0.6) is 0 Å². The summed E-state index contributed by atoms with van der Waals surface area (Å²) in [5.41, 5.74) is 3.94. The van der Waals surface area contributed by atoms with Crippen molar-refractivity contribution in [3.63, 3.8) is 0 Å². The molecule has 0 rings (SSSR count). The topological polar surface area (TPSA) is 136 Å². The van der Waals surface area contributed by atoms with E-state index in [9.17, 15) is 0 Å². The van der Waals surface area contributed by atoms with Crippen LogP contribution in [0.1, 0.15) is 77.6 Å². The lowest BCUT2D eigenvalue weighted by molar-refractivity contribution is 0.0697. The lowest BCUT2D eigenvalue weighted by Crippen LogP contribution is -2.50. The SMILES string of the molecule is CCCCCCCCCCCCCOP(O)O.NC(CO)(CO)CO. The molecule has 7 nitrogen and oxygen atoms in total. The van der Waals surface area contributed by atoms with Gasteiger partial charge in [0.15, 0.2) is 0 Å². The van der Waals surface area contributed by atoms with E-state index in [1.165, 1.54) is 57.8 Å². The quantitative estimate of drug-likeness (QED) is 0.177. The lowest BCUT2D eigenvalue weighted by Gasteiger charge is -2.20. The summed E-state index contributed by atoms with van der Waals surface area (Å²) in [6.45, 7) is 1.52. The van der Waals surface area contributed by atoms with Crippen LogP contribution in [0.3, 0.4) is 0 Å². The molecule has 0 atom stereocenters. The molecule has 0 aliphatic rings. The summed E-state index contributed by atoms with van der Waals surface area (Å²) in [5.74, 6) is 0. The van der Waals surface area contributed by atoms with Crippen molar-refractivity contribution in [3.05, 3.63) is 0 Å². The fourth-order valence-electron chi connectivity index (χ4n) is 2.06. The van der Waals surface area contributed by atoms with Crippen LogP contribution in [0.2, 0.25) is 0 Å². The zero-order valence-corrected chi connectivity index (χ0v) is 16.7. The van der Waals surface area contributed by atoms with Crippen molar-refractivity contribution in [2.45, 2.75) is 83.1 Å². The smallest absolute Gasteiger partial charge is 0.327 e. The number of rotatable bonds is 16. The van der Waals surface area contributed by atoms with Crippen LogP contribution in [-0.2, 0) is 4.52 Å². The van der Waals surface area contributed by atoms with E-state index in [0.29, 0.717) is 6.61 Å². The van der Waals surface area contributed by atoms with Crippen LogP contribution >= 0.6 is 8.60 Å². The van der Waals surface area contributed by atoms with E-state index >= 15 is 0 Å². The van der Waals surface area contributed by atoms with Gasteiger partial charge in [0.2, 0.25) is 0 Å². The van der Waals surface area contributed by atoms with Gasteiger partial charge in [0.1, 0.15) is 0 Å². The molecule has 0 bridgehead atoms. The fourth-order valence-corrected chi connectivity index (χ4v) is 2.35. The van der Waals surface area contributed by atoms with Gasteiger partial charge in [-0.25, -0.2) is 0 Å². The van der Waals surface area contributed by atoms with Gasteiger partial charge >= 0.3 is 8.60 Å². The average molecular weight is 385 g/mol. The Kier molecular flexibility index (Phi) is 22.4. The Bertz CT molecular complexity index is 247. The molecule has 25 heavy (non-hydrogen) atoms. The van der Waals surface area contributed by atoms with Crippen LogP contribution in [0.15, 0.2) is 0 Å². The van der Waals surface area contributed by atoms with Gasteiger partial charge in [-0.05, 0) is 6.42 Å². The zero-order chi connectivity index (χ0) is 19.4. The molecule has 0 aromatic rings. The predicted molar refractivity (Wildman–Crippen MR) is 102 cm³/mol. The highest BCUT2D eigenvalue weighted by Gasteiger charge is 2.20. The molecule has 0 heterocycles. The average Bonchev–Trinajstić information content (AvgIpc) is 2.62. The first-order valence-electron chi connectivity index (χ1n) is 9.38. The Morgan fingerprint density at radius 1 is 0.720 bits per heavy atom. The largest absolute Gasteiger partial charge is 0.394 e. The van der Waals surface area contributed by atoms with Crippen LogP contribution < -0.4 is 5.73 Å². The Labute approximate surface area is 154 Å². The Morgan fingerprint density at radius 3 is 1.36 bits per heavy atom. The summed E-state index contributed by atoms with van der Waals surface area (Å²) in [6, 6.07) is 0. The summed E-state index contributed by atoms with van der Waals surface area (Å²) < 4.78 is 4.70. The van der Waals surface area contributed by atoms with Gasteiger partial charge in [-0.1, -0.05) is 71.1 Å². The highest BCUT2D eigenvalue weighted by Crippen LogP contribution is 2.24. The first kappa shape index (κ1) is 27.4. The Morgan fingerprint density at radius 2 is 1.08 bits per heavy atom. The van der Waals surface area contributed by atoms with Crippen LogP contribution in [-0.4, -0.2) is 57.1 Å². The molecular formula is C17H40NO6P. The molecule has 0 aromatic heterocycles. The van der Waals surface area contributed by atoms with Gasteiger partial charge in [0.25, 0.3) is 0 Å². The summed E-state index contributed by atoms with van der Waals surface area (Å²) >= 11 is 0. The molecule has 0 fully saturated rings. The van der Waals surface area contributed by atoms with Crippen molar-refractivity contribution in [2.24, 2.45) is 5.73 Å².